The first-order valence-electron chi connectivity index (χ1n) is 10.3. The number of rotatable bonds is 4. The second-order valence-electron chi connectivity index (χ2n) is 7.67. The Morgan fingerprint density at radius 3 is 2.61 bits per heavy atom. The zero-order valence-electron chi connectivity index (χ0n) is 17.6. The predicted molar refractivity (Wildman–Crippen MR) is 125 cm³/mol. The van der Waals surface area contributed by atoms with E-state index in [2.05, 4.69) is 38.7 Å². The van der Waals surface area contributed by atoms with Crippen LogP contribution in [0.2, 0.25) is 0 Å². The fourth-order valence-corrected chi connectivity index (χ4v) is 4.97. The summed E-state index contributed by atoms with van der Waals surface area (Å²) in [6.07, 6.45) is 0. The maximum Gasteiger partial charge on any atom is 0.273 e. The van der Waals surface area contributed by atoms with Crippen molar-refractivity contribution in [3.63, 3.8) is 0 Å². The Morgan fingerprint density at radius 2 is 1.84 bits per heavy atom. The van der Waals surface area contributed by atoms with Crippen molar-refractivity contribution in [2.75, 3.05) is 38.2 Å². The van der Waals surface area contributed by atoms with E-state index >= 15 is 0 Å². The number of hydrogen-bond acceptors (Lipinski definition) is 5. The molecule has 0 N–H and O–H groups in total. The van der Waals surface area contributed by atoms with Gasteiger partial charge in [-0.15, -0.1) is 11.3 Å². The van der Waals surface area contributed by atoms with Gasteiger partial charge in [0.15, 0.2) is 0 Å². The minimum atomic E-state index is 0.00607. The molecular formula is C24H24N4O2S. The zero-order valence-corrected chi connectivity index (χ0v) is 18.4. The van der Waals surface area contributed by atoms with Gasteiger partial charge in [-0.2, -0.15) is 0 Å². The molecule has 0 radical (unpaired) electrons. The van der Waals surface area contributed by atoms with Crippen LogP contribution < -0.4 is 9.64 Å². The smallest absolute Gasteiger partial charge is 0.273 e. The Balaban J connectivity index is 1.29. The minimum Gasteiger partial charge on any atom is -0.497 e. The number of nitrogens with zero attached hydrogens (tertiary/aromatic N) is 4. The molecule has 7 heteroatoms. The highest BCUT2D eigenvalue weighted by atomic mass is 32.1. The first-order chi connectivity index (χ1) is 15.1. The molecule has 6 nitrogen and oxygen atoms in total. The maximum absolute atomic E-state index is 13.1. The number of carbonyl (C=O) groups is 1. The third-order valence-corrected chi connectivity index (χ3v) is 6.74. The lowest BCUT2D eigenvalue weighted by Gasteiger charge is -2.35. The molecule has 1 aliphatic rings. The number of carbonyl (C=O) groups excluding carboxylic acids is 1. The van der Waals surface area contributed by atoms with Gasteiger partial charge in [-0.3, -0.25) is 4.79 Å². The zero-order chi connectivity index (χ0) is 21.4. The summed E-state index contributed by atoms with van der Waals surface area (Å²) in [5.41, 5.74) is 3.85. The van der Waals surface area contributed by atoms with Crippen LogP contribution in [0.25, 0.3) is 21.6 Å². The first kappa shape index (κ1) is 19.6. The van der Waals surface area contributed by atoms with Gasteiger partial charge in [0, 0.05) is 61.3 Å². The average molecular weight is 433 g/mol. The van der Waals surface area contributed by atoms with Gasteiger partial charge in [-0.25, -0.2) is 4.98 Å². The summed E-state index contributed by atoms with van der Waals surface area (Å²) >= 11 is 1.52. The lowest BCUT2D eigenvalue weighted by molar-refractivity contribution is 0.0741. The number of methoxy groups -OCH3 is 1. The van der Waals surface area contributed by atoms with Crippen LogP contribution in [-0.4, -0.2) is 53.6 Å². The Labute approximate surface area is 185 Å². The van der Waals surface area contributed by atoms with Crippen LogP contribution in [0.5, 0.6) is 5.75 Å². The molecule has 1 saturated heterocycles. The SMILES string of the molecule is COc1cccc(N2CCN(C(=O)c3csc(-c4cc5ccccc5n4C)n3)CC2)c1. The van der Waals surface area contributed by atoms with E-state index in [1.54, 1.807) is 7.11 Å². The van der Waals surface area contributed by atoms with Gasteiger partial charge in [0.25, 0.3) is 5.91 Å². The lowest BCUT2D eigenvalue weighted by Crippen LogP contribution is -2.48. The molecule has 1 aliphatic heterocycles. The molecule has 3 heterocycles. The van der Waals surface area contributed by atoms with Crippen LogP contribution in [0, 0.1) is 0 Å². The highest BCUT2D eigenvalue weighted by molar-refractivity contribution is 7.13. The second kappa shape index (κ2) is 8.07. The highest BCUT2D eigenvalue weighted by Crippen LogP contribution is 2.30. The van der Waals surface area contributed by atoms with E-state index in [0.717, 1.165) is 40.7 Å². The molecule has 0 bridgehead atoms. The van der Waals surface area contributed by atoms with Crippen LogP contribution in [-0.2, 0) is 7.05 Å². The van der Waals surface area contributed by atoms with E-state index < -0.39 is 0 Å². The van der Waals surface area contributed by atoms with E-state index in [9.17, 15) is 4.79 Å². The fourth-order valence-electron chi connectivity index (χ4n) is 4.12. The van der Waals surface area contributed by atoms with E-state index in [4.69, 9.17) is 4.74 Å². The van der Waals surface area contributed by atoms with Crippen molar-refractivity contribution in [2.45, 2.75) is 0 Å². The molecule has 2 aromatic carbocycles. The molecule has 5 rings (SSSR count). The lowest BCUT2D eigenvalue weighted by atomic mass is 10.2. The molecule has 158 valence electrons. The van der Waals surface area contributed by atoms with Gasteiger partial charge < -0.3 is 19.1 Å². The van der Waals surface area contributed by atoms with Crippen molar-refractivity contribution >= 4 is 33.8 Å². The number of benzene rings is 2. The van der Waals surface area contributed by atoms with E-state index in [-0.39, 0.29) is 5.91 Å². The van der Waals surface area contributed by atoms with Crippen LogP contribution in [0.1, 0.15) is 10.5 Å². The van der Waals surface area contributed by atoms with Crippen LogP contribution >= 0.6 is 11.3 Å². The molecule has 0 unspecified atom stereocenters. The van der Waals surface area contributed by atoms with Gasteiger partial charge in [0.05, 0.1) is 12.8 Å². The quantitative estimate of drug-likeness (QED) is 0.483. The maximum atomic E-state index is 13.1. The number of hydrogen-bond donors (Lipinski definition) is 0. The summed E-state index contributed by atoms with van der Waals surface area (Å²) in [6.45, 7) is 2.94. The summed E-state index contributed by atoms with van der Waals surface area (Å²) in [4.78, 5) is 21.9. The average Bonchev–Trinajstić information content (AvgIpc) is 3.44. The summed E-state index contributed by atoms with van der Waals surface area (Å²) in [5.74, 6) is 0.853. The van der Waals surface area contributed by atoms with E-state index in [0.29, 0.717) is 18.8 Å². The summed E-state index contributed by atoms with van der Waals surface area (Å²) in [7, 11) is 3.72. The number of amides is 1. The van der Waals surface area contributed by atoms with Crippen LogP contribution in [0.3, 0.4) is 0 Å². The molecule has 31 heavy (non-hydrogen) atoms. The van der Waals surface area contributed by atoms with Gasteiger partial charge in [0.2, 0.25) is 0 Å². The predicted octanol–water partition coefficient (Wildman–Crippen LogP) is 4.27. The van der Waals surface area contributed by atoms with Gasteiger partial charge in [-0.05, 0) is 24.3 Å². The monoisotopic (exact) mass is 432 g/mol. The van der Waals surface area contributed by atoms with Crippen molar-refractivity contribution in [3.05, 3.63) is 65.7 Å². The molecule has 0 saturated carbocycles. The topological polar surface area (TPSA) is 50.6 Å². The Kier molecular flexibility index (Phi) is 5.11. The number of piperazine rings is 1. The van der Waals surface area contributed by atoms with Crippen molar-refractivity contribution in [1.29, 1.82) is 0 Å². The van der Waals surface area contributed by atoms with Gasteiger partial charge in [0.1, 0.15) is 16.5 Å². The van der Waals surface area contributed by atoms with E-state index in [1.807, 2.05) is 47.7 Å². The first-order valence-corrected chi connectivity index (χ1v) is 11.2. The number of fused-ring (bicyclic) bond motifs is 1. The largest absolute Gasteiger partial charge is 0.497 e. The minimum absolute atomic E-state index is 0.00607. The summed E-state index contributed by atoms with van der Waals surface area (Å²) in [5, 5.41) is 3.93. The second-order valence-corrected chi connectivity index (χ2v) is 8.52. The number of thiazole rings is 1. The third-order valence-electron chi connectivity index (χ3n) is 5.88. The molecule has 0 atom stereocenters. The number of para-hydroxylation sites is 1. The van der Waals surface area contributed by atoms with Crippen molar-refractivity contribution < 1.29 is 9.53 Å². The molecule has 1 fully saturated rings. The number of anilines is 1. The summed E-state index contributed by atoms with van der Waals surface area (Å²) in [6, 6.07) is 18.5. The van der Waals surface area contributed by atoms with E-state index in [1.165, 1.54) is 16.7 Å². The molecule has 4 aromatic rings. The van der Waals surface area contributed by atoms with Gasteiger partial charge >= 0.3 is 0 Å². The van der Waals surface area contributed by atoms with Crippen molar-refractivity contribution in [3.8, 4) is 16.5 Å². The fraction of sp³-hybridized carbons (Fsp3) is 0.250. The molecular weight excluding hydrogens is 408 g/mol. The Hall–Kier alpha value is -3.32. The Bertz CT molecular complexity index is 1240. The number of aryl methyl sites for hydroxylation is 1. The molecule has 1 amide bonds. The van der Waals surface area contributed by atoms with Crippen molar-refractivity contribution in [2.24, 2.45) is 7.05 Å². The number of ether oxygens (including phenoxy) is 1. The molecule has 0 spiro atoms. The number of aromatic nitrogens is 2. The standard InChI is InChI=1S/C24H24N4O2S/c1-26-21-9-4-3-6-17(21)14-22(26)23-25-20(16-31-23)24(29)28-12-10-27(11-13-28)18-7-5-8-19(15-18)30-2/h3-9,14-16H,10-13H2,1-2H3. The summed E-state index contributed by atoms with van der Waals surface area (Å²) < 4.78 is 7.46. The van der Waals surface area contributed by atoms with Crippen LogP contribution in [0.4, 0.5) is 5.69 Å². The Morgan fingerprint density at radius 1 is 1.03 bits per heavy atom. The van der Waals surface area contributed by atoms with Crippen LogP contribution in [0.15, 0.2) is 60.0 Å². The molecule has 0 aliphatic carbocycles. The van der Waals surface area contributed by atoms with Crippen molar-refractivity contribution in [1.82, 2.24) is 14.5 Å². The van der Waals surface area contributed by atoms with Gasteiger partial charge in [-0.1, -0.05) is 24.3 Å². The highest BCUT2D eigenvalue weighted by Gasteiger charge is 2.25. The third kappa shape index (κ3) is 3.65. The molecule has 2 aromatic heterocycles. The normalized spacial score (nSPS) is 14.3.